The minimum absolute atomic E-state index is 0.718. The average Bonchev–Trinajstić information content (AvgIpc) is 2.00. The molecule has 0 fully saturated rings. The van der Waals surface area contributed by atoms with Gasteiger partial charge in [0.2, 0.25) is 6.17 Å². The molecule has 2 unspecified atom stereocenters. The first-order chi connectivity index (χ1) is 5.28. The zero-order chi connectivity index (χ0) is 9.99. The molecule has 0 aliphatic rings. The summed E-state index contributed by atoms with van der Waals surface area (Å²) in [5.41, 5.74) is -3.21. The maximum absolute atomic E-state index is 12.8. The van der Waals surface area contributed by atoms with Crippen molar-refractivity contribution < 1.29 is 27.1 Å². The highest BCUT2D eigenvalue weighted by atomic mass is 19.4. The molecule has 1 nitrogen and oxygen atoms in total. The molecule has 0 heterocycles. The Balaban J connectivity index is 4.53. The molecular weight excluding hydrogens is 183 g/mol. The fourth-order valence-corrected chi connectivity index (χ4v) is 0.664. The quantitative estimate of drug-likeness (QED) is 0.678. The van der Waals surface area contributed by atoms with Crippen LogP contribution in [0, 0.1) is 0 Å². The van der Waals surface area contributed by atoms with Crippen molar-refractivity contribution in [3.63, 3.8) is 0 Å². The van der Waals surface area contributed by atoms with Gasteiger partial charge < -0.3 is 5.11 Å². The zero-order valence-electron chi connectivity index (χ0n) is 6.33. The molecular formula is C6H9F5O. The van der Waals surface area contributed by atoms with Gasteiger partial charge >= 0.3 is 6.18 Å². The van der Waals surface area contributed by atoms with Gasteiger partial charge in [-0.3, -0.25) is 0 Å². The van der Waals surface area contributed by atoms with Crippen molar-refractivity contribution in [1.82, 2.24) is 0 Å². The van der Waals surface area contributed by atoms with E-state index in [4.69, 9.17) is 5.11 Å². The van der Waals surface area contributed by atoms with Gasteiger partial charge in [-0.15, -0.1) is 0 Å². The lowest BCUT2D eigenvalue weighted by Crippen LogP contribution is -2.47. The van der Waals surface area contributed by atoms with Crippen LogP contribution < -0.4 is 0 Å². The van der Waals surface area contributed by atoms with E-state index < -0.39 is 31.0 Å². The Kier molecular flexibility index (Phi) is 3.44. The summed E-state index contributed by atoms with van der Waals surface area (Å²) < 4.78 is 59.9. The summed E-state index contributed by atoms with van der Waals surface area (Å²) in [4.78, 5) is 0. The van der Waals surface area contributed by atoms with Gasteiger partial charge in [-0.1, -0.05) is 6.92 Å². The molecule has 12 heavy (non-hydrogen) atoms. The molecule has 0 bridgehead atoms. The summed E-state index contributed by atoms with van der Waals surface area (Å²) in [6.07, 6.45) is -9.60. The molecule has 74 valence electrons. The predicted octanol–water partition coefficient (Wildman–Crippen LogP) is 2.00. The lowest BCUT2D eigenvalue weighted by atomic mass is 9.97. The van der Waals surface area contributed by atoms with Crippen LogP contribution in [0.25, 0.3) is 0 Å². The van der Waals surface area contributed by atoms with Gasteiger partial charge in [-0.2, -0.15) is 13.2 Å². The van der Waals surface area contributed by atoms with Crippen molar-refractivity contribution in [2.75, 3.05) is 6.61 Å². The van der Waals surface area contributed by atoms with Crippen LogP contribution in [0.15, 0.2) is 0 Å². The predicted molar refractivity (Wildman–Crippen MR) is 32.2 cm³/mol. The minimum Gasteiger partial charge on any atom is -0.393 e. The van der Waals surface area contributed by atoms with Gasteiger partial charge in [-0.25, -0.2) is 8.78 Å². The molecule has 0 saturated heterocycles. The van der Waals surface area contributed by atoms with Crippen molar-refractivity contribution in [3.05, 3.63) is 0 Å². The Morgan fingerprint density at radius 2 is 1.67 bits per heavy atom. The van der Waals surface area contributed by atoms with Crippen LogP contribution in [0.5, 0.6) is 0 Å². The van der Waals surface area contributed by atoms with Crippen LogP contribution in [-0.2, 0) is 0 Å². The average molecular weight is 192 g/mol. The summed E-state index contributed by atoms with van der Waals surface area (Å²) in [7, 11) is 0. The third-order valence-electron chi connectivity index (χ3n) is 1.59. The number of hydrogen-bond donors (Lipinski definition) is 1. The van der Waals surface area contributed by atoms with Gasteiger partial charge in [0.05, 0.1) is 6.61 Å². The molecule has 0 amide bonds. The van der Waals surface area contributed by atoms with Crippen molar-refractivity contribution in [2.24, 2.45) is 0 Å². The van der Waals surface area contributed by atoms with E-state index in [0.717, 1.165) is 6.92 Å². The third-order valence-corrected chi connectivity index (χ3v) is 1.59. The van der Waals surface area contributed by atoms with Gasteiger partial charge in [0, 0.05) is 0 Å². The molecule has 0 saturated carbocycles. The van der Waals surface area contributed by atoms with Crippen LogP contribution in [0.4, 0.5) is 22.0 Å². The van der Waals surface area contributed by atoms with Crippen LogP contribution in [0.1, 0.15) is 13.3 Å². The van der Waals surface area contributed by atoms with Gasteiger partial charge in [0.15, 0.2) is 5.67 Å². The van der Waals surface area contributed by atoms with Gasteiger partial charge in [-0.05, 0) is 6.42 Å². The monoisotopic (exact) mass is 192 g/mol. The number of alkyl halides is 5. The molecule has 0 radical (unpaired) electrons. The highest BCUT2D eigenvalue weighted by molar-refractivity contribution is 4.90. The zero-order valence-corrected chi connectivity index (χ0v) is 6.33. The van der Waals surface area contributed by atoms with Crippen molar-refractivity contribution in [2.45, 2.75) is 31.4 Å². The maximum atomic E-state index is 12.8. The molecule has 0 aromatic heterocycles. The van der Waals surface area contributed by atoms with Crippen molar-refractivity contribution in [1.29, 1.82) is 0 Å². The summed E-state index contributed by atoms with van der Waals surface area (Å²) in [6, 6.07) is 0. The normalized spacial score (nSPS) is 20.2. The first-order valence-corrected chi connectivity index (χ1v) is 3.28. The largest absolute Gasteiger partial charge is 0.422 e. The highest BCUT2D eigenvalue weighted by Gasteiger charge is 2.54. The number of aliphatic hydroxyl groups excluding tert-OH is 1. The summed E-state index contributed by atoms with van der Waals surface area (Å²) in [5.74, 6) is 0. The van der Waals surface area contributed by atoms with Crippen molar-refractivity contribution in [3.8, 4) is 0 Å². The second kappa shape index (κ2) is 3.55. The van der Waals surface area contributed by atoms with E-state index in [1.807, 2.05) is 0 Å². The van der Waals surface area contributed by atoms with Crippen LogP contribution >= 0.6 is 0 Å². The standard InChI is InChI=1S/C6H9F5O/c1-2-5(8,3-12)4(7)6(9,10)11/h4,12H,2-3H2,1H3. The van der Waals surface area contributed by atoms with Gasteiger partial charge in [0.1, 0.15) is 0 Å². The Labute approximate surface area is 66.2 Å². The molecule has 0 aliphatic carbocycles. The van der Waals surface area contributed by atoms with E-state index in [-0.39, 0.29) is 0 Å². The number of halogens is 5. The van der Waals surface area contributed by atoms with Crippen LogP contribution in [0.3, 0.4) is 0 Å². The van der Waals surface area contributed by atoms with E-state index in [1.165, 1.54) is 0 Å². The molecule has 0 aromatic rings. The Hall–Kier alpha value is -0.390. The Bertz CT molecular complexity index is 139. The maximum Gasteiger partial charge on any atom is 0.422 e. The summed E-state index contributed by atoms with van der Waals surface area (Å²) >= 11 is 0. The second-order valence-corrected chi connectivity index (χ2v) is 2.45. The third kappa shape index (κ3) is 2.30. The summed E-state index contributed by atoms with van der Waals surface area (Å²) in [5, 5.41) is 8.20. The van der Waals surface area contributed by atoms with E-state index >= 15 is 0 Å². The first-order valence-electron chi connectivity index (χ1n) is 3.28. The fraction of sp³-hybridized carbons (Fsp3) is 1.00. The SMILES string of the molecule is CCC(F)(CO)C(F)C(F)(F)F. The first kappa shape index (κ1) is 11.6. The molecule has 1 N–H and O–H groups in total. The molecule has 6 heteroatoms. The lowest BCUT2D eigenvalue weighted by molar-refractivity contribution is -0.222. The fourth-order valence-electron chi connectivity index (χ4n) is 0.664. The minimum atomic E-state index is -5.26. The van der Waals surface area contributed by atoms with Crippen LogP contribution in [0.2, 0.25) is 0 Å². The van der Waals surface area contributed by atoms with E-state index in [9.17, 15) is 22.0 Å². The molecule has 0 rings (SSSR count). The molecule has 0 spiro atoms. The van der Waals surface area contributed by atoms with E-state index in [2.05, 4.69) is 0 Å². The Morgan fingerprint density at radius 3 is 1.75 bits per heavy atom. The Morgan fingerprint density at radius 1 is 1.25 bits per heavy atom. The highest BCUT2D eigenvalue weighted by Crippen LogP contribution is 2.35. The number of aliphatic hydroxyl groups is 1. The van der Waals surface area contributed by atoms with E-state index in [1.54, 1.807) is 0 Å². The molecule has 2 atom stereocenters. The smallest absolute Gasteiger partial charge is 0.393 e. The lowest BCUT2D eigenvalue weighted by Gasteiger charge is -2.26. The topological polar surface area (TPSA) is 20.2 Å². The van der Waals surface area contributed by atoms with Gasteiger partial charge in [0.25, 0.3) is 0 Å². The van der Waals surface area contributed by atoms with Crippen molar-refractivity contribution >= 4 is 0 Å². The molecule has 0 aliphatic heterocycles. The van der Waals surface area contributed by atoms with E-state index in [0.29, 0.717) is 0 Å². The van der Waals surface area contributed by atoms with Crippen LogP contribution in [-0.4, -0.2) is 29.7 Å². The molecule has 0 aromatic carbocycles. The number of hydrogen-bond acceptors (Lipinski definition) is 1. The number of rotatable bonds is 3. The summed E-state index contributed by atoms with van der Waals surface area (Å²) in [6.45, 7) is -0.432. The second-order valence-electron chi connectivity index (χ2n) is 2.45.